The number of ether oxygens (including phenoxy) is 1. The monoisotopic (exact) mass is 399 g/mol. The number of piperidine rings is 1. The van der Waals surface area contributed by atoms with Gasteiger partial charge in [0.15, 0.2) is 0 Å². The molecule has 0 aliphatic carbocycles. The van der Waals surface area contributed by atoms with Crippen LogP contribution in [0.4, 0.5) is 4.79 Å². The summed E-state index contributed by atoms with van der Waals surface area (Å²) in [5.74, 6) is 0.142. The molecule has 0 bridgehead atoms. The van der Waals surface area contributed by atoms with Gasteiger partial charge in [-0.15, -0.1) is 0 Å². The molecule has 3 aliphatic heterocycles. The summed E-state index contributed by atoms with van der Waals surface area (Å²) in [6.07, 6.45) is 1.88. The zero-order valence-electron chi connectivity index (χ0n) is 17.2. The number of cyclic esters (lactones) is 1. The molecule has 1 aromatic carbocycles. The van der Waals surface area contributed by atoms with Gasteiger partial charge < -0.3 is 14.5 Å². The number of carbonyl (C=O) groups is 3. The van der Waals surface area contributed by atoms with E-state index in [1.54, 1.807) is 4.90 Å². The molecule has 0 saturated carbocycles. The van der Waals surface area contributed by atoms with Gasteiger partial charge in [-0.1, -0.05) is 25.1 Å². The second-order valence-electron chi connectivity index (χ2n) is 8.43. The number of hydrogen-bond acceptors (Lipinski definition) is 4. The van der Waals surface area contributed by atoms with Crippen molar-refractivity contribution in [2.45, 2.75) is 38.6 Å². The minimum atomic E-state index is -0.382. The molecule has 1 aromatic rings. The number of carbonyl (C=O) groups excluding carboxylic acids is 3. The van der Waals surface area contributed by atoms with Gasteiger partial charge in [0, 0.05) is 44.2 Å². The van der Waals surface area contributed by atoms with Crippen molar-refractivity contribution in [1.82, 2.24) is 14.7 Å². The number of nitrogens with zero attached hydrogens (tertiary/aromatic N) is 3. The van der Waals surface area contributed by atoms with Crippen molar-refractivity contribution in [3.05, 3.63) is 35.4 Å². The second kappa shape index (κ2) is 7.69. The maximum absolute atomic E-state index is 13.2. The molecular formula is C22H29N3O4. The standard InChI is InChI=1S/C22H29N3O4/c1-3-22-14-24(12-13-25(22)21(28)29-15-22)19(26)17-8-10-23(11-9-17)20(27)18-7-5-4-6-16(18)2/h4-7,17H,3,8-15H2,1-2H3. The molecule has 3 saturated heterocycles. The van der Waals surface area contributed by atoms with Crippen LogP contribution >= 0.6 is 0 Å². The van der Waals surface area contributed by atoms with Crippen LogP contribution in [0.25, 0.3) is 0 Å². The fourth-order valence-electron chi connectivity index (χ4n) is 4.82. The summed E-state index contributed by atoms with van der Waals surface area (Å²) in [6.45, 7) is 7.17. The molecule has 4 rings (SSSR count). The molecule has 3 amide bonds. The van der Waals surface area contributed by atoms with Crippen LogP contribution in [0.5, 0.6) is 0 Å². The van der Waals surface area contributed by atoms with E-state index in [-0.39, 0.29) is 29.4 Å². The lowest BCUT2D eigenvalue weighted by molar-refractivity contribution is -0.141. The van der Waals surface area contributed by atoms with Gasteiger partial charge in [0.25, 0.3) is 5.91 Å². The van der Waals surface area contributed by atoms with E-state index in [1.807, 2.05) is 47.9 Å². The number of hydrogen-bond donors (Lipinski definition) is 0. The van der Waals surface area contributed by atoms with E-state index in [0.29, 0.717) is 52.2 Å². The number of aryl methyl sites for hydroxylation is 1. The van der Waals surface area contributed by atoms with Crippen LogP contribution in [0, 0.1) is 12.8 Å². The average molecular weight is 399 g/mol. The van der Waals surface area contributed by atoms with Crippen molar-refractivity contribution in [2.24, 2.45) is 5.92 Å². The Bertz CT molecular complexity index is 818. The maximum atomic E-state index is 13.2. The summed E-state index contributed by atoms with van der Waals surface area (Å²) >= 11 is 0. The molecule has 0 spiro atoms. The predicted octanol–water partition coefficient (Wildman–Crippen LogP) is 2.29. The van der Waals surface area contributed by atoms with E-state index in [1.165, 1.54) is 0 Å². The largest absolute Gasteiger partial charge is 0.447 e. The summed E-state index contributed by atoms with van der Waals surface area (Å²) in [5.41, 5.74) is 1.34. The molecule has 156 valence electrons. The van der Waals surface area contributed by atoms with E-state index in [4.69, 9.17) is 4.74 Å². The number of rotatable bonds is 3. The SMILES string of the molecule is CCC12COC(=O)N1CCN(C(=O)C1CCN(C(=O)c3ccccc3C)CC1)C2. The van der Waals surface area contributed by atoms with Gasteiger partial charge in [0.2, 0.25) is 5.91 Å². The van der Waals surface area contributed by atoms with Crippen LogP contribution in [0.1, 0.15) is 42.1 Å². The van der Waals surface area contributed by atoms with Crippen molar-refractivity contribution in [2.75, 3.05) is 39.3 Å². The van der Waals surface area contributed by atoms with Gasteiger partial charge in [-0.3, -0.25) is 14.5 Å². The quantitative estimate of drug-likeness (QED) is 0.782. The van der Waals surface area contributed by atoms with Gasteiger partial charge >= 0.3 is 6.09 Å². The maximum Gasteiger partial charge on any atom is 0.410 e. The van der Waals surface area contributed by atoms with Crippen molar-refractivity contribution >= 4 is 17.9 Å². The minimum absolute atomic E-state index is 0.0502. The number of amides is 3. The van der Waals surface area contributed by atoms with Gasteiger partial charge in [-0.05, 0) is 37.8 Å². The fourth-order valence-corrected chi connectivity index (χ4v) is 4.82. The molecule has 0 radical (unpaired) electrons. The van der Waals surface area contributed by atoms with Gasteiger partial charge in [0.05, 0.1) is 5.54 Å². The summed E-state index contributed by atoms with van der Waals surface area (Å²) in [5, 5.41) is 0. The Morgan fingerprint density at radius 2 is 1.83 bits per heavy atom. The van der Waals surface area contributed by atoms with Crippen LogP contribution in [-0.4, -0.2) is 77.5 Å². The highest BCUT2D eigenvalue weighted by molar-refractivity contribution is 5.95. The van der Waals surface area contributed by atoms with Crippen LogP contribution in [0.2, 0.25) is 0 Å². The molecule has 7 heteroatoms. The summed E-state index contributed by atoms with van der Waals surface area (Å²) in [4.78, 5) is 43.5. The summed E-state index contributed by atoms with van der Waals surface area (Å²) < 4.78 is 5.26. The number of likely N-dealkylation sites (tertiary alicyclic amines) is 1. The zero-order chi connectivity index (χ0) is 20.6. The van der Waals surface area contributed by atoms with Crippen LogP contribution in [-0.2, 0) is 9.53 Å². The van der Waals surface area contributed by atoms with Crippen LogP contribution in [0.15, 0.2) is 24.3 Å². The van der Waals surface area contributed by atoms with Gasteiger partial charge in [-0.25, -0.2) is 4.79 Å². The van der Waals surface area contributed by atoms with Gasteiger partial charge in [0.1, 0.15) is 6.61 Å². The highest BCUT2D eigenvalue weighted by Crippen LogP contribution is 2.33. The summed E-state index contributed by atoms with van der Waals surface area (Å²) in [7, 11) is 0. The van der Waals surface area contributed by atoms with Crippen molar-refractivity contribution in [3.8, 4) is 0 Å². The molecule has 1 unspecified atom stereocenters. The molecule has 29 heavy (non-hydrogen) atoms. The Morgan fingerprint density at radius 1 is 1.10 bits per heavy atom. The third kappa shape index (κ3) is 3.47. The third-order valence-corrected chi connectivity index (χ3v) is 6.81. The molecule has 3 fully saturated rings. The normalized spacial score (nSPS) is 25.0. The smallest absolute Gasteiger partial charge is 0.410 e. The Morgan fingerprint density at radius 3 is 2.52 bits per heavy atom. The molecule has 3 heterocycles. The first kappa shape index (κ1) is 19.7. The average Bonchev–Trinajstić information content (AvgIpc) is 3.10. The van der Waals surface area contributed by atoms with Crippen molar-refractivity contribution < 1.29 is 19.1 Å². The molecular weight excluding hydrogens is 370 g/mol. The Kier molecular flexibility index (Phi) is 5.23. The Labute approximate surface area is 171 Å². The molecule has 3 aliphatic rings. The first-order chi connectivity index (χ1) is 13.9. The highest BCUT2D eigenvalue weighted by atomic mass is 16.6. The third-order valence-electron chi connectivity index (χ3n) is 6.81. The predicted molar refractivity (Wildman–Crippen MR) is 107 cm³/mol. The first-order valence-electron chi connectivity index (χ1n) is 10.5. The molecule has 0 N–H and O–H groups in total. The molecule has 1 atom stereocenters. The lowest BCUT2D eigenvalue weighted by atomic mass is 9.90. The van der Waals surface area contributed by atoms with Crippen LogP contribution < -0.4 is 0 Å². The van der Waals surface area contributed by atoms with Gasteiger partial charge in [-0.2, -0.15) is 0 Å². The van der Waals surface area contributed by atoms with E-state index in [2.05, 4.69) is 0 Å². The Balaban J connectivity index is 1.37. The lowest BCUT2D eigenvalue weighted by Gasteiger charge is -2.45. The van der Waals surface area contributed by atoms with E-state index in [0.717, 1.165) is 17.5 Å². The summed E-state index contributed by atoms with van der Waals surface area (Å²) in [6, 6.07) is 7.63. The Hall–Kier alpha value is -2.57. The zero-order valence-corrected chi connectivity index (χ0v) is 17.2. The number of benzene rings is 1. The minimum Gasteiger partial charge on any atom is -0.447 e. The topological polar surface area (TPSA) is 70.2 Å². The molecule has 0 aromatic heterocycles. The number of piperazine rings is 1. The lowest BCUT2D eigenvalue weighted by Crippen LogP contribution is -2.63. The fraction of sp³-hybridized carbons (Fsp3) is 0.591. The van der Waals surface area contributed by atoms with E-state index >= 15 is 0 Å². The van der Waals surface area contributed by atoms with Crippen molar-refractivity contribution in [1.29, 1.82) is 0 Å². The van der Waals surface area contributed by atoms with Crippen LogP contribution in [0.3, 0.4) is 0 Å². The second-order valence-corrected chi connectivity index (χ2v) is 8.43. The van der Waals surface area contributed by atoms with E-state index < -0.39 is 0 Å². The number of fused-ring (bicyclic) bond motifs is 1. The van der Waals surface area contributed by atoms with Crippen molar-refractivity contribution in [3.63, 3.8) is 0 Å². The molecule has 7 nitrogen and oxygen atoms in total. The first-order valence-corrected chi connectivity index (χ1v) is 10.5. The van der Waals surface area contributed by atoms with E-state index in [9.17, 15) is 14.4 Å². The highest BCUT2D eigenvalue weighted by Gasteiger charge is 2.50.